The van der Waals surface area contributed by atoms with E-state index in [4.69, 9.17) is 0 Å². The minimum absolute atomic E-state index is 1.21. The summed E-state index contributed by atoms with van der Waals surface area (Å²) in [5.41, 5.74) is 0. The van der Waals surface area contributed by atoms with Crippen LogP contribution in [0.15, 0.2) is 12.7 Å². The summed E-state index contributed by atoms with van der Waals surface area (Å²) in [7, 11) is 0. The van der Waals surface area contributed by atoms with Gasteiger partial charge in [-0.25, -0.2) is 0 Å². The fourth-order valence-electron chi connectivity index (χ4n) is 0. The molecule has 0 amide bonds. The Morgan fingerprint density at radius 2 is 2.25 bits per heavy atom. The summed E-state index contributed by atoms with van der Waals surface area (Å²) in [6.07, 6.45) is 1.93. The molecule has 0 saturated carbocycles. The summed E-state index contributed by atoms with van der Waals surface area (Å²) < 4.78 is 1.21. The Kier molecular flexibility index (Phi) is 4.16. The molecule has 0 heterocycles. The zero-order valence-electron chi connectivity index (χ0n) is 2.57. The average Bonchev–Trinajstić information content (AvgIpc) is 1.37. The van der Waals surface area contributed by atoms with Crippen molar-refractivity contribution in [3.05, 3.63) is 12.7 Å². The minimum atomic E-state index is 1.21. The molecular weight excluding hydrogens is 151 g/mol. The molecule has 4 heavy (non-hydrogen) atoms. The first kappa shape index (κ1) is 4.61. The van der Waals surface area contributed by atoms with Crippen molar-refractivity contribution >= 4 is 24.4 Å². The topological polar surface area (TPSA) is 0 Å². The summed E-state index contributed by atoms with van der Waals surface area (Å²) in [6, 6.07) is 0. The van der Waals surface area contributed by atoms with Crippen LogP contribution in [-0.2, 0) is 0 Å². The van der Waals surface area contributed by atoms with Crippen LogP contribution in [0.2, 0.25) is 4.18 Å². The second-order valence-corrected chi connectivity index (χ2v) is 1.87. The molecule has 0 bridgehead atoms. The Morgan fingerprint density at radius 3 is 2.25 bits per heavy atom. The molecule has 0 N–H and O–H groups in total. The Morgan fingerprint density at radius 1 is 2.00 bits per heavy atom. The van der Waals surface area contributed by atoms with Gasteiger partial charge in [0.25, 0.3) is 0 Å². The summed E-state index contributed by atoms with van der Waals surface area (Å²) >= 11 is 1.32. The maximum absolute atomic E-state index is 3.51. The Hall–Kier alpha value is 0.610. The van der Waals surface area contributed by atoms with Crippen LogP contribution >= 0.6 is 0 Å². The monoisotopic (exact) mass is 156 g/mol. The van der Waals surface area contributed by atoms with Crippen molar-refractivity contribution in [2.45, 2.75) is 4.18 Å². The summed E-state index contributed by atoms with van der Waals surface area (Å²) in [5, 5.41) is 0. The van der Waals surface area contributed by atoms with Crippen molar-refractivity contribution in [3.63, 3.8) is 0 Å². The van der Waals surface area contributed by atoms with Crippen LogP contribution in [0.4, 0.5) is 0 Å². The van der Waals surface area contributed by atoms with E-state index in [0.717, 1.165) is 0 Å². The second kappa shape index (κ2) is 3.61. The van der Waals surface area contributed by atoms with Crippen molar-refractivity contribution in [2.75, 3.05) is 0 Å². The molecule has 1 heteroatoms. The zero-order chi connectivity index (χ0) is 3.41. The SMILES string of the molecule is C=C[CH2][In]. The molecule has 0 rings (SSSR count). The first-order valence-electron chi connectivity index (χ1n) is 1.22. The molecule has 0 spiro atoms. The van der Waals surface area contributed by atoms with Gasteiger partial charge in [0.05, 0.1) is 0 Å². The maximum atomic E-state index is 3.51. The Labute approximate surface area is 41.5 Å². The van der Waals surface area contributed by atoms with E-state index in [0.29, 0.717) is 0 Å². The van der Waals surface area contributed by atoms with Gasteiger partial charge in [-0.1, -0.05) is 0 Å². The third-order valence-corrected chi connectivity index (χ3v) is 1.12. The fourth-order valence-corrected chi connectivity index (χ4v) is 0. The Balaban J connectivity index is 2.30. The van der Waals surface area contributed by atoms with E-state index in [2.05, 4.69) is 6.58 Å². The average molecular weight is 156 g/mol. The Bertz CT molecular complexity index is 17.2. The molecule has 0 unspecified atom stereocenters. The van der Waals surface area contributed by atoms with E-state index < -0.39 is 0 Å². The van der Waals surface area contributed by atoms with Crippen LogP contribution < -0.4 is 0 Å². The number of allylic oxidation sites excluding steroid dienone is 1. The normalized spacial score (nSPS) is 6.00. The summed E-state index contributed by atoms with van der Waals surface area (Å²) in [6.45, 7) is 3.51. The first-order chi connectivity index (χ1) is 1.91. The van der Waals surface area contributed by atoms with Gasteiger partial charge in [-0.3, -0.25) is 0 Å². The molecule has 0 aromatic rings. The van der Waals surface area contributed by atoms with Gasteiger partial charge in [0, 0.05) is 0 Å². The van der Waals surface area contributed by atoms with Crippen molar-refractivity contribution in [1.29, 1.82) is 0 Å². The number of hydrogen-bond donors (Lipinski definition) is 0. The molecule has 0 nitrogen and oxygen atoms in total. The van der Waals surface area contributed by atoms with E-state index in [1.807, 2.05) is 6.08 Å². The van der Waals surface area contributed by atoms with Crippen molar-refractivity contribution in [3.8, 4) is 0 Å². The van der Waals surface area contributed by atoms with Gasteiger partial charge in [-0.05, 0) is 0 Å². The van der Waals surface area contributed by atoms with Crippen LogP contribution in [0.5, 0.6) is 0 Å². The van der Waals surface area contributed by atoms with Crippen molar-refractivity contribution < 1.29 is 0 Å². The molecule has 2 radical (unpaired) electrons. The molecule has 0 saturated heterocycles. The number of rotatable bonds is 1. The van der Waals surface area contributed by atoms with Crippen LogP contribution in [0.3, 0.4) is 0 Å². The molecule has 20 valence electrons. The fraction of sp³-hybridized carbons (Fsp3) is 0.333. The van der Waals surface area contributed by atoms with Gasteiger partial charge in [0.1, 0.15) is 0 Å². The quantitative estimate of drug-likeness (QED) is 0.491. The van der Waals surface area contributed by atoms with Gasteiger partial charge in [0.15, 0.2) is 0 Å². The molecule has 0 aromatic carbocycles. The summed E-state index contributed by atoms with van der Waals surface area (Å²) in [4.78, 5) is 0. The van der Waals surface area contributed by atoms with Crippen molar-refractivity contribution in [2.24, 2.45) is 0 Å². The van der Waals surface area contributed by atoms with Gasteiger partial charge in [0.2, 0.25) is 0 Å². The van der Waals surface area contributed by atoms with Crippen LogP contribution in [-0.4, -0.2) is 24.4 Å². The second-order valence-electron chi connectivity index (χ2n) is 0.524. The van der Waals surface area contributed by atoms with Gasteiger partial charge in [-0.2, -0.15) is 0 Å². The van der Waals surface area contributed by atoms with Crippen molar-refractivity contribution in [1.82, 2.24) is 0 Å². The predicted molar refractivity (Wildman–Crippen MR) is 20.8 cm³/mol. The molecule has 0 aromatic heterocycles. The molecule has 0 aliphatic rings. The zero-order valence-corrected chi connectivity index (χ0v) is 5.86. The van der Waals surface area contributed by atoms with Crippen LogP contribution in [0.25, 0.3) is 0 Å². The van der Waals surface area contributed by atoms with E-state index in [9.17, 15) is 0 Å². The predicted octanol–water partition coefficient (Wildman–Crippen LogP) is 0.759. The molecular formula is C3H5In. The summed E-state index contributed by atoms with van der Waals surface area (Å²) in [5.74, 6) is 0. The molecule has 0 aliphatic heterocycles. The van der Waals surface area contributed by atoms with Gasteiger partial charge < -0.3 is 0 Å². The number of hydrogen-bond acceptors (Lipinski definition) is 0. The van der Waals surface area contributed by atoms with Gasteiger partial charge in [-0.15, -0.1) is 0 Å². The van der Waals surface area contributed by atoms with E-state index in [1.54, 1.807) is 0 Å². The van der Waals surface area contributed by atoms with E-state index >= 15 is 0 Å². The van der Waals surface area contributed by atoms with E-state index in [-0.39, 0.29) is 0 Å². The molecule has 0 aliphatic carbocycles. The van der Waals surface area contributed by atoms with E-state index in [1.165, 1.54) is 28.6 Å². The van der Waals surface area contributed by atoms with Crippen LogP contribution in [0, 0.1) is 0 Å². The standard InChI is InChI=1S/C3H5.In/c1-3-2;/h3H,1-2H2;. The third kappa shape index (κ3) is 2.61. The molecule has 0 fully saturated rings. The van der Waals surface area contributed by atoms with Crippen LogP contribution in [0.1, 0.15) is 0 Å². The molecule has 0 atom stereocenters. The van der Waals surface area contributed by atoms with Gasteiger partial charge >= 0.3 is 41.2 Å². The first-order valence-corrected chi connectivity index (χ1v) is 3.56. The third-order valence-electron chi connectivity index (χ3n) is 0.167.